The van der Waals surface area contributed by atoms with Crippen LogP contribution in [-0.4, -0.2) is 29.2 Å². The van der Waals surface area contributed by atoms with E-state index in [2.05, 4.69) is 22.8 Å². The Bertz CT molecular complexity index is 1060. The molecule has 0 atom stereocenters. The molecule has 0 heterocycles. The number of benzene rings is 4. The molecule has 4 nitrogen and oxygen atoms in total. The zero-order chi connectivity index (χ0) is 20.8. The third-order valence-corrected chi connectivity index (χ3v) is 4.62. The Labute approximate surface area is 179 Å². The number of fused-ring (bicyclic) bond motifs is 1. The monoisotopic (exact) mass is 390 g/mol. The van der Waals surface area contributed by atoms with Gasteiger partial charge in [0.15, 0.2) is 13.5 Å². The summed E-state index contributed by atoms with van der Waals surface area (Å²) < 4.78 is 11.6. The quantitative estimate of drug-likeness (QED) is 0.358. The lowest BCUT2D eigenvalue weighted by Crippen LogP contribution is -2.13. The highest BCUT2D eigenvalue weighted by Gasteiger charge is 2.07. The SMILES string of the molecule is [B]c1cccc(OCNc2cccc3cccc(NCOc4cccc([B])c4)c23)c1. The van der Waals surface area contributed by atoms with Crippen molar-refractivity contribution in [2.75, 3.05) is 24.1 Å². The van der Waals surface area contributed by atoms with E-state index in [0.29, 0.717) is 24.4 Å². The molecule has 4 aromatic rings. The van der Waals surface area contributed by atoms with Gasteiger partial charge in [-0.25, -0.2) is 0 Å². The van der Waals surface area contributed by atoms with Crippen LogP contribution in [0.2, 0.25) is 0 Å². The molecule has 0 saturated heterocycles. The van der Waals surface area contributed by atoms with E-state index in [1.165, 1.54) is 0 Å². The van der Waals surface area contributed by atoms with Crippen LogP contribution >= 0.6 is 0 Å². The van der Waals surface area contributed by atoms with E-state index in [0.717, 1.165) is 33.6 Å². The molecule has 4 aromatic carbocycles. The molecule has 144 valence electrons. The van der Waals surface area contributed by atoms with Crippen LogP contribution in [0.15, 0.2) is 84.9 Å². The Kier molecular flexibility index (Phi) is 6.14. The Hall–Kier alpha value is -3.53. The average molecular weight is 390 g/mol. The van der Waals surface area contributed by atoms with Gasteiger partial charge in [0, 0.05) is 16.8 Å². The van der Waals surface area contributed by atoms with Gasteiger partial charge in [-0.1, -0.05) is 59.5 Å². The van der Waals surface area contributed by atoms with Crippen molar-refractivity contribution in [2.45, 2.75) is 0 Å². The van der Waals surface area contributed by atoms with Crippen LogP contribution in [0.3, 0.4) is 0 Å². The van der Waals surface area contributed by atoms with Crippen molar-refractivity contribution in [3.8, 4) is 11.5 Å². The second-order valence-corrected chi connectivity index (χ2v) is 6.79. The third kappa shape index (κ3) is 4.90. The van der Waals surface area contributed by atoms with E-state index in [9.17, 15) is 0 Å². The van der Waals surface area contributed by atoms with E-state index in [-0.39, 0.29) is 0 Å². The van der Waals surface area contributed by atoms with Crippen LogP contribution in [0.5, 0.6) is 11.5 Å². The maximum atomic E-state index is 5.81. The first kappa shape index (κ1) is 19.8. The molecule has 4 radical (unpaired) electrons. The zero-order valence-corrected chi connectivity index (χ0v) is 16.5. The molecule has 2 N–H and O–H groups in total. The number of hydrogen-bond acceptors (Lipinski definition) is 4. The van der Waals surface area contributed by atoms with Crippen molar-refractivity contribution in [1.29, 1.82) is 0 Å². The highest BCUT2D eigenvalue weighted by molar-refractivity contribution is 6.32. The zero-order valence-electron chi connectivity index (χ0n) is 16.5. The molecule has 0 aliphatic heterocycles. The number of anilines is 2. The minimum absolute atomic E-state index is 0.316. The van der Waals surface area contributed by atoms with Crippen LogP contribution in [-0.2, 0) is 0 Å². The fourth-order valence-electron chi connectivity index (χ4n) is 3.24. The van der Waals surface area contributed by atoms with Gasteiger partial charge in [-0.2, -0.15) is 0 Å². The van der Waals surface area contributed by atoms with Crippen LogP contribution in [0.1, 0.15) is 0 Å². The summed E-state index contributed by atoms with van der Waals surface area (Å²) in [5.41, 5.74) is 3.26. The van der Waals surface area contributed by atoms with E-state index in [4.69, 9.17) is 25.2 Å². The van der Waals surface area contributed by atoms with Crippen molar-refractivity contribution in [2.24, 2.45) is 0 Å². The van der Waals surface area contributed by atoms with Gasteiger partial charge in [-0.05, 0) is 41.8 Å². The topological polar surface area (TPSA) is 42.5 Å². The molecule has 0 aliphatic carbocycles. The largest absolute Gasteiger partial charge is 0.473 e. The maximum absolute atomic E-state index is 5.81. The molecular formula is C24H20B2N2O2. The van der Waals surface area contributed by atoms with Crippen molar-refractivity contribution < 1.29 is 9.47 Å². The van der Waals surface area contributed by atoms with Gasteiger partial charge < -0.3 is 20.1 Å². The second-order valence-electron chi connectivity index (χ2n) is 6.79. The normalized spacial score (nSPS) is 10.5. The summed E-state index contributed by atoms with van der Waals surface area (Å²) in [4.78, 5) is 0. The van der Waals surface area contributed by atoms with Gasteiger partial charge in [-0.3, -0.25) is 0 Å². The first-order valence-corrected chi connectivity index (χ1v) is 9.65. The van der Waals surface area contributed by atoms with Gasteiger partial charge in [0.25, 0.3) is 0 Å². The molecule has 0 spiro atoms. The molecule has 6 heteroatoms. The molecule has 0 bridgehead atoms. The Morgan fingerprint density at radius 3 is 1.53 bits per heavy atom. The number of ether oxygens (including phenoxy) is 2. The van der Waals surface area contributed by atoms with Crippen molar-refractivity contribution in [3.63, 3.8) is 0 Å². The molecular weight excluding hydrogens is 370 g/mol. The smallest absolute Gasteiger partial charge is 0.159 e. The molecule has 0 saturated carbocycles. The third-order valence-electron chi connectivity index (χ3n) is 4.62. The lowest BCUT2D eigenvalue weighted by Gasteiger charge is -2.16. The van der Waals surface area contributed by atoms with E-state index < -0.39 is 0 Å². The second kappa shape index (κ2) is 9.31. The molecule has 0 unspecified atom stereocenters. The maximum Gasteiger partial charge on any atom is 0.159 e. The summed E-state index contributed by atoms with van der Waals surface area (Å²) in [6.45, 7) is 0.632. The van der Waals surface area contributed by atoms with Crippen molar-refractivity contribution in [1.82, 2.24) is 0 Å². The summed E-state index contributed by atoms with van der Waals surface area (Å²) in [5, 5.41) is 8.87. The van der Waals surface area contributed by atoms with Gasteiger partial charge in [0.1, 0.15) is 27.2 Å². The summed E-state index contributed by atoms with van der Waals surface area (Å²) in [6.07, 6.45) is 0. The van der Waals surface area contributed by atoms with E-state index in [1.54, 1.807) is 12.1 Å². The van der Waals surface area contributed by atoms with Crippen LogP contribution < -0.4 is 31.0 Å². The lowest BCUT2D eigenvalue weighted by molar-refractivity contribution is 0.347. The van der Waals surface area contributed by atoms with Gasteiger partial charge in [-0.15, -0.1) is 0 Å². The van der Waals surface area contributed by atoms with Crippen LogP contribution in [0.4, 0.5) is 11.4 Å². The van der Waals surface area contributed by atoms with Crippen molar-refractivity contribution in [3.05, 3.63) is 84.9 Å². The lowest BCUT2D eigenvalue weighted by atomic mass is 9.96. The minimum atomic E-state index is 0.316. The molecule has 30 heavy (non-hydrogen) atoms. The van der Waals surface area contributed by atoms with Crippen molar-refractivity contribution >= 4 is 48.8 Å². The van der Waals surface area contributed by atoms with Crippen LogP contribution in [0.25, 0.3) is 10.8 Å². The number of rotatable bonds is 8. The predicted octanol–water partition coefficient (Wildman–Crippen LogP) is 3.32. The molecule has 0 aromatic heterocycles. The Morgan fingerprint density at radius 2 is 1.07 bits per heavy atom. The standard InChI is InChI=1S/C24H20B2N2O2/c25-18-7-3-9-20(13-18)29-15-27-22-11-1-5-17-6-2-12-23(24(17)22)28-16-30-21-10-4-8-19(26)14-21/h1-14,27-28H,15-16H2. The highest BCUT2D eigenvalue weighted by atomic mass is 16.5. The van der Waals surface area contributed by atoms with E-state index >= 15 is 0 Å². The number of nitrogens with one attached hydrogen (secondary N) is 2. The molecule has 0 aliphatic rings. The van der Waals surface area contributed by atoms with Crippen LogP contribution in [0, 0.1) is 0 Å². The van der Waals surface area contributed by atoms with Gasteiger partial charge in [0.2, 0.25) is 0 Å². The summed E-state index contributed by atoms with van der Waals surface area (Å²) in [5.74, 6) is 1.44. The number of hydrogen-bond donors (Lipinski definition) is 2. The average Bonchev–Trinajstić information content (AvgIpc) is 2.74. The first-order valence-electron chi connectivity index (χ1n) is 9.65. The molecule has 4 rings (SSSR count). The van der Waals surface area contributed by atoms with Gasteiger partial charge >= 0.3 is 0 Å². The Balaban J connectivity index is 1.47. The summed E-state index contributed by atoms with van der Waals surface area (Å²) in [7, 11) is 11.6. The molecule has 0 fully saturated rings. The Morgan fingerprint density at radius 1 is 0.600 bits per heavy atom. The summed E-state index contributed by atoms with van der Waals surface area (Å²) >= 11 is 0. The fraction of sp³-hybridized carbons (Fsp3) is 0.0833. The predicted molar refractivity (Wildman–Crippen MR) is 126 cm³/mol. The highest BCUT2D eigenvalue weighted by Crippen LogP contribution is 2.30. The van der Waals surface area contributed by atoms with Gasteiger partial charge in [0.05, 0.1) is 0 Å². The minimum Gasteiger partial charge on any atom is -0.473 e. The van der Waals surface area contributed by atoms with E-state index in [1.807, 2.05) is 60.7 Å². The molecule has 0 amide bonds. The summed E-state index contributed by atoms with van der Waals surface area (Å²) in [6, 6.07) is 27.0. The fourth-order valence-corrected chi connectivity index (χ4v) is 3.24. The first-order chi connectivity index (χ1) is 14.7.